The van der Waals surface area contributed by atoms with Gasteiger partial charge in [-0.1, -0.05) is 37.6 Å². The first-order chi connectivity index (χ1) is 15.2. The van der Waals surface area contributed by atoms with Crippen LogP contribution in [0.4, 0.5) is 11.4 Å². The van der Waals surface area contributed by atoms with E-state index < -0.39 is 5.91 Å². The van der Waals surface area contributed by atoms with Gasteiger partial charge in [-0.25, -0.2) is 0 Å². The molecule has 1 aliphatic heterocycles. The lowest BCUT2D eigenvalue weighted by Gasteiger charge is -2.47. The Morgan fingerprint density at radius 1 is 1.38 bits per heavy atom. The minimum atomic E-state index is -0.512. The van der Waals surface area contributed by atoms with Crippen LogP contribution < -0.4 is 15.0 Å². The number of fused-ring (bicyclic) bond motifs is 1. The summed E-state index contributed by atoms with van der Waals surface area (Å²) in [5, 5.41) is 12.8. The summed E-state index contributed by atoms with van der Waals surface area (Å²) in [7, 11) is 1.61. The first kappa shape index (κ1) is 23.7. The van der Waals surface area contributed by atoms with E-state index in [0.717, 1.165) is 25.1 Å². The number of nitriles is 1. The zero-order valence-corrected chi connectivity index (χ0v) is 20.1. The maximum atomic E-state index is 12.8. The molecule has 0 bridgehead atoms. The van der Waals surface area contributed by atoms with E-state index in [1.165, 1.54) is 5.56 Å². The molecule has 5 nitrogen and oxygen atoms in total. The number of methoxy groups -OCH3 is 1. The van der Waals surface area contributed by atoms with E-state index in [2.05, 4.69) is 44.0 Å². The van der Waals surface area contributed by atoms with Crippen LogP contribution in [-0.4, -0.2) is 25.1 Å². The number of anilines is 2. The monoisotopic (exact) mass is 451 g/mol. The second kappa shape index (κ2) is 9.67. The number of nitrogens with zero attached hydrogens (tertiary/aromatic N) is 2. The molecule has 0 radical (unpaired) electrons. The Labute approximate surface area is 195 Å². The average molecular weight is 452 g/mol. The van der Waals surface area contributed by atoms with Gasteiger partial charge in [0.1, 0.15) is 17.4 Å². The minimum absolute atomic E-state index is 0.0163. The summed E-state index contributed by atoms with van der Waals surface area (Å²) >= 11 is 6.14. The van der Waals surface area contributed by atoms with Gasteiger partial charge < -0.3 is 15.0 Å². The molecular formula is C26H30ClN3O2. The number of carbonyl (C=O) groups is 1. The molecule has 1 N–H and O–H groups in total. The zero-order chi connectivity index (χ0) is 23.5. The molecule has 0 fully saturated rings. The quantitative estimate of drug-likeness (QED) is 0.407. The predicted octanol–water partition coefficient (Wildman–Crippen LogP) is 6.40. The number of benzene rings is 2. The lowest BCUT2D eigenvalue weighted by molar-refractivity contribution is -0.112. The summed E-state index contributed by atoms with van der Waals surface area (Å²) in [6.07, 6.45) is 3.65. The fraction of sp³-hybridized carbons (Fsp3) is 0.385. The van der Waals surface area contributed by atoms with E-state index in [1.807, 2.05) is 12.1 Å². The van der Waals surface area contributed by atoms with E-state index >= 15 is 0 Å². The van der Waals surface area contributed by atoms with Gasteiger partial charge in [-0.05, 0) is 62.4 Å². The summed E-state index contributed by atoms with van der Waals surface area (Å²) in [4.78, 5) is 15.2. The van der Waals surface area contributed by atoms with Crippen LogP contribution in [0.25, 0.3) is 6.08 Å². The van der Waals surface area contributed by atoms with Crippen molar-refractivity contribution in [1.29, 1.82) is 5.26 Å². The van der Waals surface area contributed by atoms with Gasteiger partial charge in [0, 0.05) is 29.4 Å². The van der Waals surface area contributed by atoms with Crippen LogP contribution >= 0.6 is 11.6 Å². The Morgan fingerprint density at radius 3 is 2.72 bits per heavy atom. The summed E-state index contributed by atoms with van der Waals surface area (Å²) in [5.41, 5.74) is 3.55. The molecule has 0 aliphatic carbocycles. The van der Waals surface area contributed by atoms with E-state index in [4.69, 9.17) is 16.3 Å². The number of carbonyl (C=O) groups excluding carboxylic acids is 1. The molecule has 32 heavy (non-hydrogen) atoms. The molecule has 1 atom stereocenters. The van der Waals surface area contributed by atoms with Gasteiger partial charge in [-0.3, -0.25) is 4.79 Å². The standard InChI is InChI=1S/C26H30ClN3O2/c1-6-11-30-23-14-24(32-5)18(13-20(23)17(2)15-26(30,3)4)12-19(16-28)25(31)29-22-10-8-7-9-21(22)27/h7-10,12-14,17H,6,11,15H2,1-5H3,(H,29,31)/b19-12+. The number of para-hydroxylation sites is 1. The number of hydrogen-bond acceptors (Lipinski definition) is 4. The van der Waals surface area contributed by atoms with Gasteiger partial charge in [-0.15, -0.1) is 0 Å². The third-order valence-electron chi connectivity index (χ3n) is 5.97. The Kier molecular flexibility index (Phi) is 7.16. The largest absolute Gasteiger partial charge is 0.496 e. The third-order valence-corrected chi connectivity index (χ3v) is 6.30. The molecule has 1 amide bonds. The smallest absolute Gasteiger partial charge is 0.266 e. The predicted molar refractivity (Wildman–Crippen MR) is 131 cm³/mol. The summed E-state index contributed by atoms with van der Waals surface area (Å²) < 4.78 is 5.67. The summed E-state index contributed by atoms with van der Waals surface area (Å²) in [6, 6.07) is 13.0. The number of amides is 1. The Morgan fingerprint density at radius 2 is 2.09 bits per heavy atom. The van der Waals surface area contributed by atoms with Crippen molar-refractivity contribution in [1.82, 2.24) is 0 Å². The zero-order valence-electron chi connectivity index (χ0n) is 19.3. The molecule has 0 aromatic heterocycles. The van der Waals surface area contributed by atoms with Crippen LogP contribution in [0.5, 0.6) is 5.75 Å². The lowest BCUT2D eigenvalue weighted by atomic mass is 9.79. The first-order valence-corrected chi connectivity index (χ1v) is 11.3. The molecule has 1 unspecified atom stereocenters. The highest BCUT2D eigenvalue weighted by molar-refractivity contribution is 6.34. The number of halogens is 1. The SMILES string of the molecule is CCCN1c2cc(OC)c(/C=C(\C#N)C(=O)Nc3ccccc3Cl)cc2C(C)CC1(C)C. The van der Waals surface area contributed by atoms with Crippen molar-refractivity contribution < 1.29 is 9.53 Å². The van der Waals surface area contributed by atoms with Crippen LogP contribution in [0.15, 0.2) is 42.0 Å². The molecule has 0 spiro atoms. The van der Waals surface area contributed by atoms with E-state index in [9.17, 15) is 10.1 Å². The summed E-state index contributed by atoms with van der Waals surface area (Å²) in [5.74, 6) is 0.462. The molecule has 0 saturated heterocycles. The maximum absolute atomic E-state index is 12.8. The molecule has 2 aromatic carbocycles. The van der Waals surface area contributed by atoms with Crippen LogP contribution in [0, 0.1) is 11.3 Å². The second-order valence-electron chi connectivity index (χ2n) is 8.83. The highest BCUT2D eigenvalue weighted by Gasteiger charge is 2.36. The third kappa shape index (κ3) is 4.76. The maximum Gasteiger partial charge on any atom is 0.266 e. The number of nitrogens with one attached hydrogen (secondary N) is 1. The molecule has 168 valence electrons. The molecule has 0 saturated carbocycles. The highest BCUT2D eigenvalue weighted by Crippen LogP contribution is 2.46. The molecule has 6 heteroatoms. The fourth-order valence-corrected chi connectivity index (χ4v) is 4.70. The van der Waals surface area contributed by atoms with Crippen molar-refractivity contribution in [2.45, 2.75) is 52.0 Å². The number of ether oxygens (including phenoxy) is 1. The molecule has 1 heterocycles. The van der Waals surface area contributed by atoms with E-state index in [-0.39, 0.29) is 11.1 Å². The molecule has 2 aromatic rings. The van der Waals surface area contributed by atoms with Gasteiger partial charge in [0.25, 0.3) is 5.91 Å². The summed E-state index contributed by atoms with van der Waals surface area (Å²) in [6.45, 7) is 9.90. The van der Waals surface area contributed by atoms with E-state index in [0.29, 0.717) is 27.9 Å². The van der Waals surface area contributed by atoms with Crippen LogP contribution in [-0.2, 0) is 4.79 Å². The van der Waals surface area contributed by atoms with Crippen molar-refractivity contribution in [2.24, 2.45) is 0 Å². The van der Waals surface area contributed by atoms with Crippen molar-refractivity contribution in [3.63, 3.8) is 0 Å². The number of rotatable bonds is 6. The van der Waals surface area contributed by atoms with E-state index in [1.54, 1.807) is 37.5 Å². The van der Waals surface area contributed by atoms with Crippen molar-refractivity contribution in [3.05, 3.63) is 58.1 Å². The van der Waals surface area contributed by atoms with Gasteiger partial charge in [-0.2, -0.15) is 5.26 Å². The molecular weight excluding hydrogens is 422 g/mol. The Balaban J connectivity index is 2.03. The normalized spacial score (nSPS) is 17.3. The molecule has 1 aliphatic rings. The topological polar surface area (TPSA) is 65.4 Å². The lowest BCUT2D eigenvalue weighted by Crippen LogP contribution is -2.48. The second-order valence-corrected chi connectivity index (χ2v) is 9.23. The van der Waals surface area contributed by atoms with Crippen LogP contribution in [0.1, 0.15) is 57.6 Å². The fourth-order valence-electron chi connectivity index (χ4n) is 4.52. The Hall–Kier alpha value is -2.97. The average Bonchev–Trinajstić information content (AvgIpc) is 2.75. The minimum Gasteiger partial charge on any atom is -0.496 e. The van der Waals surface area contributed by atoms with Crippen molar-refractivity contribution in [3.8, 4) is 11.8 Å². The molecule has 3 rings (SSSR count). The first-order valence-electron chi connectivity index (χ1n) is 10.9. The van der Waals surface area contributed by atoms with Gasteiger partial charge >= 0.3 is 0 Å². The van der Waals surface area contributed by atoms with Gasteiger partial charge in [0.2, 0.25) is 0 Å². The van der Waals surface area contributed by atoms with Gasteiger partial charge in [0.15, 0.2) is 0 Å². The highest BCUT2D eigenvalue weighted by atomic mass is 35.5. The van der Waals surface area contributed by atoms with Crippen molar-refractivity contribution in [2.75, 3.05) is 23.9 Å². The number of hydrogen-bond donors (Lipinski definition) is 1. The Bertz CT molecular complexity index is 1080. The van der Waals surface area contributed by atoms with Crippen molar-refractivity contribution >= 4 is 35.0 Å². The van der Waals surface area contributed by atoms with Crippen LogP contribution in [0.2, 0.25) is 5.02 Å². The van der Waals surface area contributed by atoms with Gasteiger partial charge in [0.05, 0.1) is 17.8 Å². The van der Waals surface area contributed by atoms with Crippen LogP contribution in [0.3, 0.4) is 0 Å².